The number of allylic oxidation sites excluding steroid dienone is 3. The third kappa shape index (κ3) is 6.99. The zero-order valence-corrected chi connectivity index (χ0v) is 20.9. The second kappa shape index (κ2) is 13.0. The highest BCUT2D eigenvalue weighted by atomic mass is 16.2. The monoisotopic (exact) mass is 493 g/mol. The van der Waals surface area contributed by atoms with Crippen LogP contribution in [0, 0.1) is 17.8 Å². The summed E-state index contributed by atoms with van der Waals surface area (Å²) in [5.74, 6) is -4.20. The summed E-state index contributed by atoms with van der Waals surface area (Å²) in [5.41, 5.74) is 0.760. The van der Waals surface area contributed by atoms with E-state index in [4.69, 9.17) is 0 Å². The van der Waals surface area contributed by atoms with Crippen LogP contribution < -0.4 is 16.0 Å². The molecule has 8 heteroatoms. The highest BCUT2D eigenvalue weighted by Gasteiger charge is 2.47. The molecule has 0 spiro atoms. The Morgan fingerprint density at radius 3 is 2.31 bits per heavy atom. The molecule has 4 amide bonds. The standard InChI is InChI=1S/C28H35N3O5/c1-3-4-7-16-22(32)29-21(19-12-8-5-9-13-19)17-23(33)30-25(20-14-10-6-11-15-20)26(34)24-18(2)27(35)31-28(24)36/h3-5,7-9,12-13,16,18,20-21,24-25H,6,10-11,14-15,17H2,1-2H3,(H,29,32)(H,30,33)(H,31,35,36)/b4-3+,16-7+/t18-,21-,24+,25?/m0/s1. The van der Waals surface area contributed by atoms with E-state index in [1.165, 1.54) is 6.08 Å². The van der Waals surface area contributed by atoms with E-state index in [0.29, 0.717) is 0 Å². The van der Waals surface area contributed by atoms with E-state index in [1.54, 1.807) is 25.2 Å². The van der Waals surface area contributed by atoms with Gasteiger partial charge in [-0.3, -0.25) is 29.3 Å². The molecule has 3 rings (SSSR count). The first-order chi connectivity index (χ1) is 17.3. The highest BCUT2D eigenvalue weighted by Crippen LogP contribution is 2.31. The average molecular weight is 494 g/mol. The molecule has 1 aromatic rings. The Bertz CT molecular complexity index is 1030. The average Bonchev–Trinajstić information content (AvgIpc) is 3.13. The summed E-state index contributed by atoms with van der Waals surface area (Å²) in [6.45, 7) is 3.40. The molecular weight excluding hydrogens is 458 g/mol. The van der Waals surface area contributed by atoms with Crippen LogP contribution in [0.4, 0.5) is 0 Å². The highest BCUT2D eigenvalue weighted by molar-refractivity contribution is 6.16. The molecule has 0 radical (unpaired) electrons. The number of nitrogens with one attached hydrogen (secondary N) is 3. The summed E-state index contributed by atoms with van der Waals surface area (Å²) in [5, 5.41) is 7.99. The fraction of sp³-hybridized carbons (Fsp3) is 0.464. The van der Waals surface area contributed by atoms with Gasteiger partial charge in [-0.1, -0.05) is 74.7 Å². The summed E-state index contributed by atoms with van der Waals surface area (Å²) in [7, 11) is 0. The number of ketones is 1. The maximum atomic E-state index is 13.5. The van der Waals surface area contributed by atoms with Crippen LogP contribution in [0.2, 0.25) is 0 Å². The van der Waals surface area contributed by atoms with Crippen LogP contribution in [-0.4, -0.2) is 35.5 Å². The van der Waals surface area contributed by atoms with Crippen molar-refractivity contribution in [2.45, 2.75) is 64.5 Å². The number of hydrogen-bond donors (Lipinski definition) is 3. The third-order valence-corrected chi connectivity index (χ3v) is 6.95. The minimum Gasteiger partial charge on any atom is -0.346 e. The van der Waals surface area contributed by atoms with Crippen LogP contribution in [0.25, 0.3) is 0 Å². The summed E-state index contributed by atoms with van der Waals surface area (Å²) >= 11 is 0. The van der Waals surface area contributed by atoms with Gasteiger partial charge < -0.3 is 10.6 Å². The molecule has 1 saturated carbocycles. The molecule has 192 valence electrons. The quantitative estimate of drug-likeness (QED) is 0.200. The van der Waals surface area contributed by atoms with Crippen molar-refractivity contribution in [3.8, 4) is 0 Å². The predicted molar refractivity (Wildman–Crippen MR) is 135 cm³/mol. The zero-order valence-electron chi connectivity index (χ0n) is 20.9. The van der Waals surface area contributed by atoms with Crippen molar-refractivity contribution < 1.29 is 24.0 Å². The normalized spacial score (nSPS) is 22.4. The van der Waals surface area contributed by atoms with Gasteiger partial charge in [-0.2, -0.15) is 0 Å². The van der Waals surface area contributed by atoms with Gasteiger partial charge in [0.15, 0.2) is 5.78 Å². The number of Topliss-reactive ketones (excluding diaryl/α,β-unsaturated/α-hetero) is 1. The molecule has 36 heavy (non-hydrogen) atoms. The number of hydrogen-bond acceptors (Lipinski definition) is 5. The number of carbonyl (C=O) groups is 5. The van der Waals surface area contributed by atoms with Crippen LogP contribution in [0.5, 0.6) is 0 Å². The van der Waals surface area contributed by atoms with Crippen LogP contribution in [0.1, 0.15) is 64.0 Å². The van der Waals surface area contributed by atoms with Gasteiger partial charge in [0.2, 0.25) is 23.6 Å². The zero-order chi connectivity index (χ0) is 26.1. The second-order valence-electron chi connectivity index (χ2n) is 9.53. The van der Waals surface area contributed by atoms with Crippen molar-refractivity contribution in [3.05, 3.63) is 60.2 Å². The SMILES string of the molecule is C/C=C/C=C/C(=O)N[C@@H](CC(=O)NC(C(=O)[C@@H]1C(=O)NC(=O)[C@H]1C)C1CCCCC1)c1ccccc1. The van der Waals surface area contributed by atoms with E-state index in [9.17, 15) is 24.0 Å². The Morgan fingerprint density at radius 2 is 1.69 bits per heavy atom. The van der Waals surface area contributed by atoms with E-state index in [1.807, 2.05) is 37.3 Å². The Kier molecular flexibility index (Phi) is 9.73. The predicted octanol–water partition coefficient (Wildman–Crippen LogP) is 2.91. The molecule has 8 nitrogen and oxygen atoms in total. The van der Waals surface area contributed by atoms with E-state index in [2.05, 4.69) is 16.0 Å². The fourth-order valence-corrected chi connectivity index (χ4v) is 4.98. The van der Waals surface area contributed by atoms with Crippen molar-refractivity contribution in [2.75, 3.05) is 0 Å². The smallest absolute Gasteiger partial charge is 0.244 e. The van der Waals surface area contributed by atoms with Crippen LogP contribution in [0.3, 0.4) is 0 Å². The Balaban J connectivity index is 1.78. The lowest BCUT2D eigenvalue weighted by atomic mass is 9.77. The summed E-state index contributed by atoms with van der Waals surface area (Å²) in [6, 6.07) is 7.69. The number of carbonyl (C=O) groups excluding carboxylic acids is 5. The van der Waals surface area contributed by atoms with Gasteiger partial charge in [0.25, 0.3) is 0 Å². The van der Waals surface area contributed by atoms with Gasteiger partial charge in [0.1, 0.15) is 5.92 Å². The Hall–Kier alpha value is -3.55. The lowest BCUT2D eigenvalue weighted by molar-refractivity contribution is -0.138. The molecule has 1 aliphatic heterocycles. The number of amides is 4. The molecule has 1 aromatic carbocycles. The molecule has 1 saturated heterocycles. The first-order valence-corrected chi connectivity index (χ1v) is 12.6. The lowest BCUT2D eigenvalue weighted by Crippen LogP contribution is -2.51. The van der Waals surface area contributed by atoms with Gasteiger partial charge in [0, 0.05) is 6.08 Å². The molecule has 1 unspecified atom stereocenters. The van der Waals surface area contributed by atoms with Crippen molar-refractivity contribution in [2.24, 2.45) is 17.8 Å². The first kappa shape index (κ1) is 27.0. The van der Waals surface area contributed by atoms with Gasteiger partial charge >= 0.3 is 0 Å². The maximum absolute atomic E-state index is 13.5. The molecule has 2 aliphatic rings. The van der Waals surface area contributed by atoms with E-state index in [-0.39, 0.29) is 18.2 Å². The summed E-state index contributed by atoms with van der Waals surface area (Å²) in [6.07, 6.45) is 10.9. The maximum Gasteiger partial charge on any atom is 0.244 e. The minimum absolute atomic E-state index is 0.0743. The number of benzene rings is 1. The Labute approximate surface area is 212 Å². The molecule has 3 N–H and O–H groups in total. The summed E-state index contributed by atoms with van der Waals surface area (Å²) in [4.78, 5) is 63.6. The van der Waals surface area contributed by atoms with Crippen molar-refractivity contribution in [3.63, 3.8) is 0 Å². The lowest BCUT2D eigenvalue weighted by Gasteiger charge is -2.32. The third-order valence-electron chi connectivity index (χ3n) is 6.95. The Morgan fingerprint density at radius 1 is 1.00 bits per heavy atom. The van der Waals surface area contributed by atoms with E-state index >= 15 is 0 Å². The number of imide groups is 1. The van der Waals surface area contributed by atoms with Crippen LogP contribution in [-0.2, 0) is 24.0 Å². The van der Waals surface area contributed by atoms with Crippen LogP contribution >= 0.6 is 0 Å². The fourth-order valence-electron chi connectivity index (χ4n) is 4.98. The first-order valence-electron chi connectivity index (χ1n) is 12.6. The van der Waals surface area contributed by atoms with Crippen LogP contribution in [0.15, 0.2) is 54.6 Å². The van der Waals surface area contributed by atoms with E-state index in [0.717, 1.165) is 37.7 Å². The molecular formula is C28H35N3O5. The molecule has 4 atom stereocenters. The molecule has 1 aliphatic carbocycles. The van der Waals surface area contributed by atoms with Gasteiger partial charge in [0.05, 0.1) is 24.4 Å². The topological polar surface area (TPSA) is 121 Å². The van der Waals surface area contributed by atoms with Gasteiger partial charge in [-0.15, -0.1) is 0 Å². The largest absolute Gasteiger partial charge is 0.346 e. The van der Waals surface area contributed by atoms with E-state index < -0.39 is 47.4 Å². The molecule has 2 fully saturated rings. The van der Waals surface area contributed by atoms with Gasteiger partial charge in [-0.05, 0) is 31.2 Å². The van der Waals surface area contributed by atoms with Crippen molar-refractivity contribution in [1.82, 2.24) is 16.0 Å². The molecule has 0 aromatic heterocycles. The summed E-state index contributed by atoms with van der Waals surface area (Å²) < 4.78 is 0. The molecule has 0 bridgehead atoms. The molecule has 1 heterocycles. The van der Waals surface area contributed by atoms with Crippen molar-refractivity contribution >= 4 is 29.4 Å². The second-order valence-corrected chi connectivity index (χ2v) is 9.53. The van der Waals surface area contributed by atoms with Gasteiger partial charge in [-0.25, -0.2) is 0 Å². The minimum atomic E-state index is -1.11. The van der Waals surface area contributed by atoms with Crippen molar-refractivity contribution in [1.29, 1.82) is 0 Å². The number of rotatable bonds is 10.